The predicted octanol–water partition coefficient (Wildman–Crippen LogP) is 0.694. The van der Waals surface area contributed by atoms with Crippen molar-refractivity contribution in [2.45, 2.75) is 49.1 Å². The largest absolute Gasteiger partial charge is 0.480 e. The molecule has 2 aliphatic rings. The molecular weight excluding hydrogens is 550 g/mol. The van der Waals surface area contributed by atoms with Crippen LogP contribution in [0, 0.1) is 16.7 Å². The maximum atomic E-state index is 13.5. The fourth-order valence-corrected chi connectivity index (χ4v) is 6.23. The van der Waals surface area contributed by atoms with Crippen molar-refractivity contribution in [3.05, 3.63) is 42.5 Å². The molecule has 2 aromatic rings. The van der Waals surface area contributed by atoms with Gasteiger partial charge in [-0.2, -0.15) is 4.72 Å². The summed E-state index contributed by atoms with van der Waals surface area (Å²) in [5.74, 6) is -3.03. The molecule has 0 radical (unpaired) electrons. The van der Waals surface area contributed by atoms with Crippen LogP contribution >= 0.6 is 0 Å². The Hall–Kier alpha value is -4.04. The lowest BCUT2D eigenvalue weighted by molar-refractivity contribution is -0.146. The fourth-order valence-electron chi connectivity index (χ4n) is 5.01. The second-order valence-electron chi connectivity index (χ2n) is 10.5. The zero-order chi connectivity index (χ0) is 29.7. The van der Waals surface area contributed by atoms with E-state index < -0.39 is 46.8 Å². The van der Waals surface area contributed by atoms with Crippen LogP contribution in [-0.2, 0) is 24.4 Å². The van der Waals surface area contributed by atoms with Crippen molar-refractivity contribution in [2.24, 2.45) is 11.7 Å². The van der Waals surface area contributed by atoms with Crippen LogP contribution in [0.1, 0.15) is 32.1 Å². The molecule has 13 nitrogen and oxygen atoms in total. The van der Waals surface area contributed by atoms with E-state index in [-0.39, 0.29) is 35.1 Å². The Labute approximate surface area is 238 Å². The molecule has 2 aromatic carbocycles. The molecule has 0 bridgehead atoms. The molecule has 0 aromatic heterocycles. The number of benzene rings is 2. The van der Waals surface area contributed by atoms with Crippen LogP contribution in [0.3, 0.4) is 0 Å². The third-order valence-electron chi connectivity index (χ3n) is 7.27. The van der Waals surface area contributed by atoms with Crippen LogP contribution in [0.5, 0.6) is 0 Å². The number of fused-ring (bicyclic) bond motifs is 1. The maximum absolute atomic E-state index is 13.5. The van der Waals surface area contributed by atoms with Crippen molar-refractivity contribution < 1.29 is 27.9 Å². The maximum Gasteiger partial charge on any atom is 0.323 e. The minimum Gasteiger partial charge on any atom is -0.480 e. The van der Waals surface area contributed by atoms with Crippen molar-refractivity contribution in [3.8, 4) is 0 Å². The standard InChI is InChI=1S/C27H35N7O6S/c28-25(29)26(30)33-11-3-4-17(15-33)14-31-23(35)13-22(27(38)34(16-24(36)37)20-8-9-20)32-41(39,40)21-10-7-18-5-1-2-6-19(18)12-21/h1-2,5-7,10,12,17,20,22,30,32H,3-4,8-9,11,13-16H2,(H3,28,29)(H,31,35)(H,36,37)/t17-,22+/m1/s1. The number of rotatable bonds is 11. The number of nitrogens with zero attached hydrogens (tertiary/aromatic N) is 2. The molecule has 0 unspecified atom stereocenters. The van der Waals surface area contributed by atoms with Gasteiger partial charge in [0.2, 0.25) is 21.8 Å². The van der Waals surface area contributed by atoms with Crippen molar-refractivity contribution >= 4 is 50.3 Å². The van der Waals surface area contributed by atoms with E-state index in [1.54, 1.807) is 23.1 Å². The number of nitrogens with two attached hydrogens (primary N) is 1. The van der Waals surface area contributed by atoms with Crippen molar-refractivity contribution in [1.82, 2.24) is 19.8 Å². The van der Waals surface area contributed by atoms with Gasteiger partial charge in [-0.25, -0.2) is 8.42 Å². The van der Waals surface area contributed by atoms with Gasteiger partial charge >= 0.3 is 5.97 Å². The van der Waals surface area contributed by atoms with Gasteiger partial charge in [-0.1, -0.05) is 30.3 Å². The SMILES string of the molecule is N=C(N)C(=N)N1CCC[C@H](CNC(=O)C[C@H](NS(=O)(=O)c2ccc3ccccc3c2)C(=O)N(CC(=O)O)C2CC2)C1. The summed E-state index contributed by atoms with van der Waals surface area (Å²) >= 11 is 0. The molecule has 2 amide bonds. The molecule has 1 heterocycles. The number of likely N-dealkylation sites (tertiary alicyclic amines) is 1. The molecule has 0 spiro atoms. The highest BCUT2D eigenvalue weighted by Crippen LogP contribution is 2.28. The summed E-state index contributed by atoms with van der Waals surface area (Å²) in [6.45, 7) is 0.625. The molecule has 1 saturated heterocycles. The van der Waals surface area contributed by atoms with E-state index >= 15 is 0 Å². The molecule has 2 atom stereocenters. The highest BCUT2D eigenvalue weighted by atomic mass is 32.2. The summed E-state index contributed by atoms with van der Waals surface area (Å²) in [6, 6.07) is 9.90. The molecule has 1 aliphatic carbocycles. The van der Waals surface area contributed by atoms with Crippen LogP contribution in [0.2, 0.25) is 0 Å². The number of carboxylic acid groups (broad SMARTS) is 1. The molecule has 1 aliphatic heterocycles. The first-order chi connectivity index (χ1) is 19.4. The number of piperidine rings is 1. The summed E-state index contributed by atoms with van der Waals surface area (Å²) in [7, 11) is -4.26. The second-order valence-corrected chi connectivity index (χ2v) is 12.2. The van der Waals surface area contributed by atoms with E-state index in [4.69, 9.17) is 16.6 Å². The zero-order valence-corrected chi connectivity index (χ0v) is 23.3. The molecule has 1 saturated carbocycles. The summed E-state index contributed by atoms with van der Waals surface area (Å²) in [5.41, 5.74) is 5.44. The Bertz CT molecular complexity index is 1460. The minimum atomic E-state index is -4.26. The summed E-state index contributed by atoms with van der Waals surface area (Å²) < 4.78 is 29.1. The average molecular weight is 586 g/mol. The molecular formula is C27H35N7O6S. The van der Waals surface area contributed by atoms with Gasteiger partial charge in [0.15, 0.2) is 11.7 Å². The van der Waals surface area contributed by atoms with Crippen LogP contribution < -0.4 is 15.8 Å². The number of carbonyl (C=O) groups excluding carboxylic acids is 2. The van der Waals surface area contributed by atoms with Gasteiger partial charge in [0.05, 0.1) is 11.3 Å². The number of amides is 2. The quantitative estimate of drug-likeness (QED) is 0.163. The lowest BCUT2D eigenvalue weighted by Gasteiger charge is -2.34. The van der Waals surface area contributed by atoms with Crippen LogP contribution in [-0.4, -0.2) is 91.0 Å². The lowest BCUT2D eigenvalue weighted by atomic mass is 9.97. The molecule has 7 N–H and O–H groups in total. The van der Waals surface area contributed by atoms with Gasteiger partial charge in [0, 0.05) is 25.7 Å². The van der Waals surface area contributed by atoms with E-state index in [1.165, 1.54) is 12.1 Å². The molecule has 220 valence electrons. The number of amidine groups is 2. The van der Waals surface area contributed by atoms with Crippen LogP contribution in [0.4, 0.5) is 0 Å². The summed E-state index contributed by atoms with van der Waals surface area (Å²) in [4.78, 5) is 40.7. The number of aliphatic carboxylic acids is 1. The number of carboxylic acids is 1. The highest BCUT2D eigenvalue weighted by molar-refractivity contribution is 7.89. The van der Waals surface area contributed by atoms with E-state index in [2.05, 4.69) is 10.0 Å². The normalized spacial score (nSPS) is 18.0. The molecule has 14 heteroatoms. The van der Waals surface area contributed by atoms with Crippen molar-refractivity contribution in [3.63, 3.8) is 0 Å². The number of hydrogen-bond donors (Lipinski definition) is 6. The Morgan fingerprint density at radius 1 is 1.10 bits per heavy atom. The van der Waals surface area contributed by atoms with Crippen LogP contribution in [0.25, 0.3) is 10.8 Å². The van der Waals surface area contributed by atoms with E-state index in [9.17, 15) is 27.9 Å². The van der Waals surface area contributed by atoms with Crippen LogP contribution in [0.15, 0.2) is 47.4 Å². The Morgan fingerprint density at radius 2 is 1.80 bits per heavy atom. The monoisotopic (exact) mass is 585 g/mol. The summed E-state index contributed by atoms with van der Waals surface area (Å²) in [6.07, 6.45) is 2.20. The summed E-state index contributed by atoms with van der Waals surface area (Å²) in [5, 5.41) is 29.1. The molecule has 4 rings (SSSR count). The number of sulfonamides is 1. The minimum absolute atomic E-state index is 0.0363. The fraction of sp³-hybridized carbons (Fsp3) is 0.444. The first-order valence-electron chi connectivity index (χ1n) is 13.4. The van der Waals surface area contributed by atoms with Gasteiger partial charge in [0.1, 0.15) is 12.6 Å². The number of carbonyl (C=O) groups is 3. The molecule has 2 fully saturated rings. The Balaban J connectivity index is 1.49. The lowest BCUT2D eigenvalue weighted by Crippen LogP contribution is -2.52. The van der Waals surface area contributed by atoms with Gasteiger partial charge < -0.3 is 26.0 Å². The second kappa shape index (κ2) is 12.6. The Kier molecular flexibility index (Phi) is 9.23. The van der Waals surface area contributed by atoms with Gasteiger partial charge in [-0.15, -0.1) is 0 Å². The van der Waals surface area contributed by atoms with Crippen molar-refractivity contribution in [1.29, 1.82) is 10.8 Å². The van der Waals surface area contributed by atoms with Crippen molar-refractivity contribution in [2.75, 3.05) is 26.2 Å². The smallest absolute Gasteiger partial charge is 0.323 e. The third-order valence-corrected chi connectivity index (χ3v) is 8.74. The van der Waals surface area contributed by atoms with E-state index in [1.807, 2.05) is 12.1 Å². The number of hydrogen-bond acceptors (Lipinski definition) is 7. The first-order valence-corrected chi connectivity index (χ1v) is 14.9. The molecule has 41 heavy (non-hydrogen) atoms. The highest BCUT2D eigenvalue weighted by Gasteiger charge is 2.39. The topological polar surface area (TPSA) is 210 Å². The van der Waals surface area contributed by atoms with Gasteiger partial charge in [-0.05, 0) is 54.5 Å². The van der Waals surface area contributed by atoms with Gasteiger partial charge in [-0.3, -0.25) is 25.2 Å². The van der Waals surface area contributed by atoms with E-state index in [0.29, 0.717) is 31.3 Å². The zero-order valence-electron chi connectivity index (χ0n) is 22.5. The third kappa shape index (κ3) is 7.79. The van der Waals surface area contributed by atoms with Gasteiger partial charge in [0.25, 0.3) is 0 Å². The van der Waals surface area contributed by atoms with E-state index in [0.717, 1.165) is 23.1 Å². The Morgan fingerprint density at radius 3 is 2.46 bits per heavy atom. The average Bonchev–Trinajstić information content (AvgIpc) is 3.79. The predicted molar refractivity (Wildman–Crippen MR) is 152 cm³/mol. The first kappa shape index (κ1) is 29.9. The number of nitrogens with one attached hydrogen (secondary N) is 4.